The van der Waals surface area contributed by atoms with Crippen molar-refractivity contribution in [1.29, 1.82) is 0 Å². The summed E-state index contributed by atoms with van der Waals surface area (Å²) in [6.07, 6.45) is -2.94. The van der Waals surface area contributed by atoms with Crippen LogP contribution in [0.3, 0.4) is 0 Å². The second kappa shape index (κ2) is 4.95. The van der Waals surface area contributed by atoms with Gasteiger partial charge in [0.25, 0.3) is 11.7 Å². The van der Waals surface area contributed by atoms with Crippen molar-refractivity contribution < 1.29 is 18.5 Å². The molecule has 1 rings (SSSR count). The Labute approximate surface area is 106 Å². The molecule has 0 spiro atoms. The molecule has 0 radical (unpaired) electrons. The molecule has 0 amide bonds. The molecule has 9 heteroatoms. The standard InChI is InChI=1S/C7H2ClF2IN2O3/c8-6(14)5-4(11)2(7(9)10)1-3(12-5)13(15)16/h1,7H. The van der Waals surface area contributed by atoms with Crippen LogP contribution < -0.4 is 0 Å². The number of halogens is 4. The molecule has 0 aliphatic carbocycles. The van der Waals surface area contributed by atoms with E-state index in [0.717, 1.165) is 0 Å². The molecule has 0 saturated heterocycles. The molecule has 1 heterocycles. The fraction of sp³-hybridized carbons (Fsp3) is 0.143. The zero-order valence-corrected chi connectivity index (χ0v) is 10.2. The predicted octanol–water partition coefficient (Wildman–Crippen LogP) is 2.91. The van der Waals surface area contributed by atoms with Gasteiger partial charge in [-0.3, -0.25) is 4.79 Å². The number of rotatable bonds is 3. The number of pyridine rings is 1. The lowest BCUT2D eigenvalue weighted by Crippen LogP contribution is -2.06. The minimum absolute atomic E-state index is 0.182. The number of alkyl halides is 2. The average molecular weight is 362 g/mol. The first-order chi connectivity index (χ1) is 7.34. The first-order valence-electron chi connectivity index (χ1n) is 3.67. The molecule has 0 aliphatic heterocycles. The van der Waals surface area contributed by atoms with Gasteiger partial charge < -0.3 is 10.1 Å². The normalized spacial score (nSPS) is 10.6. The monoisotopic (exact) mass is 362 g/mol. The Hall–Kier alpha value is -0.900. The molecular weight excluding hydrogens is 360 g/mol. The Bertz CT molecular complexity index is 469. The van der Waals surface area contributed by atoms with E-state index in [2.05, 4.69) is 4.98 Å². The Kier molecular flexibility index (Phi) is 4.08. The molecule has 1 aromatic heterocycles. The Morgan fingerprint density at radius 2 is 2.19 bits per heavy atom. The highest BCUT2D eigenvalue weighted by Crippen LogP contribution is 2.29. The minimum Gasteiger partial charge on any atom is -0.358 e. The Morgan fingerprint density at radius 1 is 1.62 bits per heavy atom. The predicted molar refractivity (Wildman–Crippen MR) is 58.7 cm³/mol. The fourth-order valence-electron chi connectivity index (χ4n) is 0.918. The van der Waals surface area contributed by atoms with Gasteiger partial charge in [-0.15, -0.1) is 0 Å². The molecule has 0 saturated carbocycles. The number of nitro groups is 1. The quantitative estimate of drug-likeness (QED) is 0.359. The zero-order chi connectivity index (χ0) is 12.5. The van der Waals surface area contributed by atoms with Crippen LogP contribution in [0.5, 0.6) is 0 Å². The van der Waals surface area contributed by atoms with Crippen LogP contribution in [0.1, 0.15) is 22.5 Å². The Morgan fingerprint density at radius 3 is 2.56 bits per heavy atom. The summed E-state index contributed by atoms with van der Waals surface area (Å²) >= 11 is 6.53. The highest BCUT2D eigenvalue weighted by Gasteiger charge is 2.27. The summed E-state index contributed by atoms with van der Waals surface area (Å²) in [7, 11) is 0. The van der Waals surface area contributed by atoms with Gasteiger partial charge in [-0.05, 0) is 44.1 Å². The molecule has 0 atom stereocenters. The summed E-state index contributed by atoms with van der Waals surface area (Å²) in [5.41, 5.74) is -1.17. The van der Waals surface area contributed by atoms with Crippen LogP contribution in [0.25, 0.3) is 0 Å². The minimum atomic E-state index is -2.94. The van der Waals surface area contributed by atoms with Crippen molar-refractivity contribution in [3.05, 3.63) is 31.0 Å². The summed E-state index contributed by atoms with van der Waals surface area (Å²) in [6.45, 7) is 0. The van der Waals surface area contributed by atoms with Crippen molar-refractivity contribution in [2.75, 3.05) is 0 Å². The molecule has 0 fully saturated rings. The largest absolute Gasteiger partial charge is 0.364 e. The second-order valence-electron chi connectivity index (χ2n) is 2.56. The third-order valence-corrected chi connectivity index (χ3v) is 2.89. The van der Waals surface area contributed by atoms with Crippen molar-refractivity contribution in [3.63, 3.8) is 0 Å². The van der Waals surface area contributed by atoms with Crippen LogP contribution in [0.2, 0.25) is 0 Å². The topological polar surface area (TPSA) is 73.1 Å². The van der Waals surface area contributed by atoms with Gasteiger partial charge in [0.2, 0.25) is 5.69 Å². The summed E-state index contributed by atoms with van der Waals surface area (Å²) in [6, 6.07) is 0.621. The SMILES string of the molecule is O=C(Cl)c1nc([N+](=O)[O-])cc(C(F)F)c1I. The third-order valence-electron chi connectivity index (χ3n) is 1.58. The summed E-state index contributed by atoms with van der Waals surface area (Å²) in [5, 5.41) is 9.29. The molecule has 0 N–H and O–H groups in total. The molecule has 1 aromatic rings. The molecule has 0 aliphatic rings. The number of aromatic nitrogens is 1. The van der Waals surface area contributed by atoms with E-state index in [0.29, 0.717) is 6.07 Å². The van der Waals surface area contributed by atoms with Crippen LogP contribution in [0, 0.1) is 13.7 Å². The van der Waals surface area contributed by atoms with Gasteiger partial charge in [0.1, 0.15) is 0 Å². The summed E-state index contributed by atoms with van der Waals surface area (Å²) in [5.74, 6) is -0.834. The van der Waals surface area contributed by atoms with Crippen molar-refractivity contribution in [2.24, 2.45) is 0 Å². The average Bonchev–Trinajstić information content (AvgIpc) is 2.16. The van der Waals surface area contributed by atoms with Gasteiger partial charge in [0.15, 0.2) is 0 Å². The lowest BCUT2D eigenvalue weighted by molar-refractivity contribution is -0.389. The van der Waals surface area contributed by atoms with Gasteiger partial charge in [-0.2, -0.15) is 0 Å². The van der Waals surface area contributed by atoms with Gasteiger partial charge in [0, 0.05) is 11.6 Å². The fourth-order valence-corrected chi connectivity index (χ4v) is 1.97. The van der Waals surface area contributed by atoms with Gasteiger partial charge in [0.05, 0.1) is 3.57 Å². The summed E-state index contributed by atoms with van der Waals surface area (Å²) in [4.78, 5) is 23.6. The van der Waals surface area contributed by atoms with Crippen LogP contribution >= 0.6 is 34.2 Å². The third kappa shape index (κ3) is 2.61. The maximum atomic E-state index is 12.5. The second-order valence-corrected chi connectivity index (χ2v) is 3.99. The van der Waals surface area contributed by atoms with Crippen molar-refractivity contribution >= 4 is 45.3 Å². The molecule has 0 bridgehead atoms. The van der Waals surface area contributed by atoms with Crippen LogP contribution in [0.15, 0.2) is 6.07 Å². The number of carbonyl (C=O) groups excluding carboxylic acids is 1. The van der Waals surface area contributed by atoms with E-state index < -0.39 is 33.7 Å². The Balaban J connectivity index is 3.51. The zero-order valence-electron chi connectivity index (χ0n) is 7.29. The molecule has 86 valence electrons. The number of hydrogen-bond acceptors (Lipinski definition) is 4. The van der Waals surface area contributed by atoms with Crippen molar-refractivity contribution in [2.45, 2.75) is 6.43 Å². The number of nitrogens with zero attached hydrogens (tertiary/aromatic N) is 2. The van der Waals surface area contributed by atoms with Gasteiger partial charge in [-0.1, -0.05) is 0 Å². The highest BCUT2D eigenvalue weighted by molar-refractivity contribution is 14.1. The first kappa shape index (κ1) is 13.2. The van der Waals surface area contributed by atoms with Crippen LogP contribution in [0.4, 0.5) is 14.6 Å². The molecular formula is C7H2ClF2IN2O3. The number of hydrogen-bond donors (Lipinski definition) is 0. The van der Waals surface area contributed by atoms with Gasteiger partial charge in [-0.25, -0.2) is 8.78 Å². The van der Waals surface area contributed by atoms with E-state index in [1.807, 2.05) is 0 Å². The van der Waals surface area contributed by atoms with Gasteiger partial charge >= 0.3 is 5.82 Å². The van der Waals surface area contributed by atoms with Crippen LogP contribution in [-0.4, -0.2) is 15.1 Å². The summed E-state index contributed by atoms with van der Waals surface area (Å²) < 4.78 is 24.8. The van der Waals surface area contributed by atoms with E-state index in [-0.39, 0.29) is 3.57 Å². The number of carbonyl (C=O) groups is 1. The maximum Gasteiger partial charge on any atom is 0.364 e. The highest BCUT2D eigenvalue weighted by atomic mass is 127. The van der Waals surface area contributed by atoms with Crippen LogP contribution in [-0.2, 0) is 0 Å². The van der Waals surface area contributed by atoms with E-state index in [1.54, 1.807) is 0 Å². The van der Waals surface area contributed by atoms with E-state index in [9.17, 15) is 23.7 Å². The van der Waals surface area contributed by atoms with E-state index in [1.165, 1.54) is 22.6 Å². The lowest BCUT2D eigenvalue weighted by Gasteiger charge is -2.03. The molecule has 16 heavy (non-hydrogen) atoms. The van der Waals surface area contributed by atoms with E-state index >= 15 is 0 Å². The molecule has 5 nitrogen and oxygen atoms in total. The first-order valence-corrected chi connectivity index (χ1v) is 5.13. The maximum absolute atomic E-state index is 12.5. The molecule has 0 unspecified atom stereocenters. The molecule has 0 aromatic carbocycles. The lowest BCUT2D eigenvalue weighted by atomic mass is 10.2. The van der Waals surface area contributed by atoms with E-state index in [4.69, 9.17) is 11.6 Å². The smallest absolute Gasteiger partial charge is 0.358 e. The van der Waals surface area contributed by atoms with Crippen molar-refractivity contribution in [1.82, 2.24) is 4.98 Å². The van der Waals surface area contributed by atoms with Crippen molar-refractivity contribution in [3.8, 4) is 0 Å².